The van der Waals surface area contributed by atoms with Gasteiger partial charge in [-0.3, -0.25) is 0 Å². The smallest absolute Gasteiger partial charge is 0.323 e. The van der Waals surface area contributed by atoms with Crippen molar-refractivity contribution < 1.29 is 18.7 Å². The fourth-order valence-electron chi connectivity index (χ4n) is 3.60. The molecule has 44 heavy (non-hydrogen) atoms. The number of nitrogen functional groups attached to an aromatic ring is 3. The van der Waals surface area contributed by atoms with Crippen molar-refractivity contribution in [2.45, 2.75) is 0 Å². The summed E-state index contributed by atoms with van der Waals surface area (Å²) in [5.74, 6) is 7.10. The first kappa shape index (κ1) is 30.2. The number of anilines is 5. The number of amides is 2. The summed E-state index contributed by atoms with van der Waals surface area (Å²) < 4.78 is 24.2. The van der Waals surface area contributed by atoms with Crippen molar-refractivity contribution in [2.75, 3.05) is 27.8 Å². The molecule has 0 saturated heterocycles. The largest absolute Gasteiger partial charge is 0.456 e. The Balaban J connectivity index is 0.000000223. The summed E-state index contributed by atoms with van der Waals surface area (Å²) in [5.41, 5.74) is 19.5. The standard InChI is InChI=1S/C20H15FN4O2.C13H11N3O/c1-2-17-18(11-12-23-19(17)22)27-16-9-7-15(8-10-16)25-20(26)24-14-5-3-13(21)4-6-14;1-2-11-12(7-8-16-13(11)15)17-10-5-3-9(14)4-6-10/h1,3-12H,(H2,22,23)(H2,24,25,26);1,3-8H,14H2,(H2,15,16). The molecule has 2 aromatic heterocycles. The average Bonchev–Trinajstić information content (AvgIpc) is 3.01. The van der Waals surface area contributed by atoms with Crippen LogP contribution in [0.3, 0.4) is 0 Å². The van der Waals surface area contributed by atoms with Gasteiger partial charge in [-0.05, 0) is 72.8 Å². The molecule has 0 radical (unpaired) electrons. The first-order valence-electron chi connectivity index (χ1n) is 12.8. The van der Waals surface area contributed by atoms with Gasteiger partial charge < -0.3 is 37.3 Å². The van der Waals surface area contributed by atoms with E-state index >= 15 is 0 Å². The van der Waals surface area contributed by atoms with E-state index in [1.165, 1.54) is 30.5 Å². The minimum Gasteiger partial charge on any atom is -0.456 e. The van der Waals surface area contributed by atoms with Crippen molar-refractivity contribution in [3.8, 4) is 47.7 Å². The lowest BCUT2D eigenvalue weighted by molar-refractivity contribution is 0.262. The number of nitrogens with one attached hydrogen (secondary N) is 2. The van der Waals surface area contributed by atoms with Gasteiger partial charge in [0.25, 0.3) is 0 Å². The number of carbonyl (C=O) groups excluding carboxylic acids is 1. The number of hydrogen-bond donors (Lipinski definition) is 5. The number of rotatable bonds is 6. The minimum absolute atomic E-state index is 0.214. The van der Waals surface area contributed by atoms with E-state index in [-0.39, 0.29) is 17.5 Å². The fourth-order valence-corrected chi connectivity index (χ4v) is 3.60. The molecule has 0 atom stereocenters. The highest BCUT2D eigenvalue weighted by Crippen LogP contribution is 2.29. The number of carbonyl (C=O) groups is 1. The summed E-state index contributed by atoms with van der Waals surface area (Å²) in [6.07, 6.45) is 13.8. The molecule has 0 aliphatic heterocycles. The second-order valence-corrected chi connectivity index (χ2v) is 8.81. The summed E-state index contributed by atoms with van der Waals surface area (Å²) in [6, 6.07) is 22.0. The first-order valence-corrected chi connectivity index (χ1v) is 12.8. The van der Waals surface area contributed by atoms with Gasteiger partial charge >= 0.3 is 6.03 Å². The molecule has 0 spiro atoms. The number of hydrogen-bond acceptors (Lipinski definition) is 8. The van der Waals surface area contributed by atoms with Crippen LogP contribution in [0.1, 0.15) is 11.1 Å². The molecule has 0 saturated carbocycles. The Morgan fingerprint density at radius 3 is 1.50 bits per heavy atom. The van der Waals surface area contributed by atoms with Crippen molar-refractivity contribution in [3.05, 3.63) is 114 Å². The Hall–Kier alpha value is -6.72. The van der Waals surface area contributed by atoms with Crippen LogP contribution in [0.2, 0.25) is 0 Å². The molecule has 3 aromatic carbocycles. The molecule has 0 bridgehead atoms. The van der Waals surface area contributed by atoms with Crippen LogP contribution in [0.15, 0.2) is 97.3 Å². The summed E-state index contributed by atoms with van der Waals surface area (Å²) in [7, 11) is 0. The van der Waals surface area contributed by atoms with Crippen molar-refractivity contribution >= 4 is 34.7 Å². The normalized spacial score (nSPS) is 9.80. The van der Waals surface area contributed by atoms with Gasteiger partial charge in [0.05, 0.1) is 0 Å². The molecule has 218 valence electrons. The highest BCUT2D eigenvalue weighted by Gasteiger charge is 2.09. The molecule has 10 nitrogen and oxygen atoms in total. The Kier molecular flexibility index (Phi) is 9.80. The van der Waals surface area contributed by atoms with Crippen LogP contribution < -0.4 is 37.3 Å². The van der Waals surface area contributed by atoms with Gasteiger partial charge in [0.1, 0.15) is 51.6 Å². The van der Waals surface area contributed by atoms with E-state index in [0.717, 1.165) is 0 Å². The van der Waals surface area contributed by atoms with Crippen LogP contribution in [0.5, 0.6) is 23.0 Å². The quantitative estimate of drug-likeness (QED) is 0.115. The molecule has 0 unspecified atom stereocenters. The maximum atomic E-state index is 12.9. The summed E-state index contributed by atoms with van der Waals surface area (Å²) >= 11 is 0. The monoisotopic (exact) mass is 587 g/mol. The highest BCUT2D eigenvalue weighted by molar-refractivity contribution is 5.99. The number of halogens is 1. The molecule has 8 N–H and O–H groups in total. The fraction of sp³-hybridized carbons (Fsp3) is 0. The van der Waals surface area contributed by atoms with E-state index in [9.17, 15) is 9.18 Å². The number of aromatic nitrogens is 2. The zero-order valence-corrected chi connectivity index (χ0v) is 23.1. The summed E-state index contributed by atoms with van der Waals surface area (Å²) in [6.45, 7) is 0. The van der Waals surface area contributed by atoms with E-state index in [2.05, 4.69) is 32.4 Å². The molecule has 0 fully saturated rings. The van der Waals surface area contributed by atoms with Gasteiger partial charge in [0, 0.05) is 41.6 Å². The molecule has 5 aromatic rings. The molecular weight excluding hydrogens is 561 g/mol. The van der Waals surface area contributed by atoms with Crippen LogP contribution in [-0.4, -0.2) is 16.0 Å². The van der Waals surface area contributed by atoms with E-state index < -0.39 is 6.03 Å². The second kappa shape index (κ2) is 14.3. The van der Waals surface area contributed by atoms with Crippen molar-refractivity contribution in [3.63, 3.8) is 0 Å². The lowest BCUT2D eigenvalue weighted by Gasteiger charge is -2.11. The third-order valence-electron chi connectivity index (χ3n) is 5.72. The third kappa shape index (κ3) is 8.16. The number of ether oxygens (including phenoxy) is 2. The Morgan fingerprint density at radius 2 is 1.07 bits per heavy atom. The SMILES string of the molecule is C#Cc1c(Oc2ccc(N)cc2)ccnc1N.C#Cc1c(Oc2ccc(NC(=O)Nc3ccc(F)cc3)cc2)ccnc1N. The van der Waals surface area contributed by atoms with E-state index in [1.807, 2.05) is 0 Å². The predicted molar refractivity (Wildman–Crippen MR) is 170 cm³/mol. The maximum absolute atomic E-state index is 12.9. The number of pyridine rings is 2. The molecule has 0 aliphatic rings. The number of nitrogens with zero attached hydrogens (tertiary/aromatic N) is 2. The zero-order chi connectivity index (χ0) is 31.5. The lowest BCUT2D eigenvalue weighted by atomic mass is 10.2. The van der Waals surface area contributed by atoms with Gasteiger partial charge in [-0.15, -0.1) is 12.8 Å². The number of nitrogens with two attached hydrogens (primary N) is 3. The number of benzene rings is 3. The van der Waals surface area contributed by atoms with E-state index in [0.29, 0.717) is 51.2 Å². The van der Waals surface area contributed by atoms with Crippen molar-refractivity contribution in [1.29, 1.82) is 0 Å². The number of terminal acetylenes is 2. The van der Waals surface area contributed by atoms with Gasteiger partial charge in [0.2, 0.25) is 0 Å². The molecule has 0 aliphatic carbocycles. The zero-order valence-electron chi connectivity index (χ0n) is 23.1. The Bertz CT molecular complexity index is 1830. The van der Waals surface area contributed by atoms with Crippen LogP contribution in [0.25, 0.3) is 0 Å². The minimum atomic E-state index is -0.452. The summed E-state index contributed by atoms with van der Waals surface area (Å²) in [4.78, 5) is 19.8. The van der Waals surface area contributed by atoms with E-state index in [4.69, 9.17) is 39.5 Å². The van der Waals surface area contributed by atoms with Crippen molar-refractivity contribution in [1.82, 2.24) is 9.97 Å². The Morgan fingerprint density at radius 1 is 0.659 bits per heavy atom. The molecule has 11 heteroatoms. The van der Waals surface area contributed by atoms with Crippen molar-refractivity contribution in [2.24, 2.45) is 0 Å². The predicted octanol–water partition coefficient (Wildman–Crippen LogP) is 6.24. The first-order chi connectivity index (χ1) is 21.2. The molecular formula is C33H26FN7O3. The van der Waals surface area contributed by atoms with Gasteiger partial charge in [-0.1, -0.05) is 11.8 Å². The average molecular weight is 588 g/mol. The van der Waals surface area contributed by atoms with Crippen LogP contribution in [-0.2, 0) is 0 Å². The maximum Gasteiger partial charge on any atom is 0.323 e. The molecule has 5 rings (SSSR count). The lowest BCUT2D eigenvalue weighted by Crippen LogP contribution is -2.19. The molecule has 2 heterocycles. The molecule has 2 amide bonds. The Labute approximate surface area is 253 Å². The van der Waals surface area contributed by atoms with Gasteiger partial charge in [0.15, 0.2) is 0 Å². The highest BCUT2D eigenvalue weighted by atomic mass is 19.1. The van der Waals surface area contributed by atoms with Crippen LogP contribution in [0.4, 0.5) is 37.9 Å². The second-order valence-electron chi connectivity index (χ2n) is 8.81. The topological polar surface area (TPSA) is 163 Å². The van der Waals surface area contributed by atoms with Crippen LogP contribution in [0, 0.1) is 30.5 Å². The van der Waals surface area contributed by atoms with Gasteiger partial charge in [-0.25, -0.2) is 19.2 Å². The summed E-state index contributed by atoms with van der Waals surface area (Å²) in [5, 5.41) is 5.27. The van der Waals surface area contributed by atoms with Crippen LogP contribution >= 0.6 is 0 Å². The van der Waals surface area contributed by atoms with E-state index in [1.54, 1.807) is 66.9 Å². The third-order valence-corrected chi connectivity index (χ3v) is 5.72. The number of urea groups is 1. The van der Waals surface area contributed by atoms with Gasteiger partial charge in [-0.2, -0.15) is 0 Å².